The highest BCUT2D eigenvalue weighted by atomic mass is 79.9. The normalized spacial score (nSPS) is 10.2. The molecule has 2 aromatic carbocycles. The largest absolute Gasteiger partial charge is 0.507 e. The maximum atomic E-state index is 12.1. The van der Waals surface area contributed by atoms with E-state index in [1.807, 2.05) is 0 Å². The molecule has 0 aliphatic carbocycles. The van der Waals surface area contributed by atoms with Gasteiger partial charge in [-0.3, -0.25) is 4.79 Å². The molecule has 0 aliphatic rings. The zero-order valence-corrected chi connectivity index (χ0v) is 13.5. The molecule has 0 aliphatic heterocycles. The van der Waals surface area contributed by atoms with Gasteiger partial charge in [0.05, 0.1) is 12.7 Å². The molecule has 0 saturated carbocycles. The Morgan fingerprint density at radius 1 is 1.38 bits per heavy atom. The molecule has 2 N–H and O–H groups in total. The molecule has 0 aromatic heterocycles. The molecule has 1 amide bonds. The summed E-state index contributed by atoms with van der Waals surface area (Å²) < 4.78 is 5.91. The van der Waals surface area contributed by atoms with Gasteiger partial charge >= 0.3 is 0 Å². The van der Waals surface area contributed by atoms with E-state index in [1.54, 1.807) is 30.3 Å². The van der Waals surface area contributed by atoms with E-state index >= 15 is 0 Å². The Labute approximate surface area is 135 Å². The maximum absolute atomic E-state index is 12.1. The number of benzene rings is 2. The average molecular weight is 371 g/mol. The van der Waals surface area contributed by atoms with Crippen molar-refractivity contribution in [2.45, 2.75) is 6.54 Å². The summed E-state index contributed by atoms with van der Waals surface area (Å²) in [5, 5.41) is 13.0. The molecule has 0 bridgehead atoms. The molecule has 0 unspecified atom stereocenters. The molecule has 0 radical (unpaired) electrons. The molecule has 0 heterocycles. The van der Waals surface area contributed by atoms with Crippen molar-refractivity contribution in [1.82, 2.24) is 5.32 Å². The Morgan fingerprint density at radius 3 is 2.81 bits per heavy atom. The highest BCUT2D eigenvalue weighted by Crippen LogP contribution is 2.26. The van der Waals surface area contributed by atoms with Crippen LogP contribution in [0.1, 0.15) is 15.9 Å². The summed E-state index contributed by atoms with van der Waals surface area (Å²) in [5.41, 5.74) is 0.885. The molecular weight excluding hydrogens is 358 g/mol. The van der Waals surface area contributed by atoms with E-state index in [1.165, 1.54) is 13.2 Å². The second-order valence-corrected chi connectivity index (χ2v) is 5.59. The first kappa shape index (κ1) is 15.7. The smallest absolute Gasteiger partial charge is 0.255 e. The first-order valence-electron chi connectivity index (χ1n) is 6.11. The molecule has 2 aromatic rings. The summed E-state index contributed by atoms with van der Waals surface area (Å²) in [6, 6.07) is 9.95. The third kappa shape index (κ3) is 3.68. The Kier molecular flexibility index (Phi) is 5.09. The number of amides is 1. The fraction of sp³-hybridized carbons (Fsp3) is 0.133. The molecule has 0 saturated heterocycles. The molecule has 2 rings (SSSR count). The zero-order chi connectivity index (χ0) is 15.4. The molecule has 6 heteroatoms. The summed E-state index contributed by atoms with van der Waals surface area (Å²) in [6.07, 6.45) is 0. The van der Waals surface area contributed by atoms with Crippen LogP contribution in [0.15, 0.2) is 40.9 Å². The minimum absolute atomic E-state index is 0.0898. The van der Waals surface area contributed by atoms with Gasteiger partial charge in [0.15, 0.2) is 0 Å². The predicted molar refractivity (Wildman–Crippen MR) is 85.0 cm³/mol. The van der Waals surface area contributed by atoms with E-state index in [9.17, 15) is 9.90 Å². The monoisotopic (exact) mass is 369 g/mol. The number of methoxy groups -OCH3 is 1. The van der Waals surface area contributed by atoms with Crippen LogP contribution in [0, 0.1) is 0 Å². The van der Waals surface area contributed by atoms with Crippen LogP contribution in [-0.2, 0) is 6.54 Å². The lowest BCUT2D eigenvalue weighted by Gasteiger charge is -2.12. The van der Waals surface area contributed by atoms with E-state index in [0.717, 1.165) is 0 Å². The van der Waals surface area contributed by atoms with Gasteiger partial charge in [-0.2, -0.15) is 0 Å². The van der Waals surface area contributed by atoms with Crippen molar-refractivity contribution in [3.05, 3.63) is 57.0 Å². The fourth-order valence-electron chi connectivity index (χ4n) is 1.86. The Morgan fingerprint density at radius 2 is 2.14 bits per heavy atom. The van der Waals surface area contributed by atoms with Crippen LogP contribution < -0.4 is 10.1 Å². The number of phenols is 1. The van der Waals surface area contributed by atoms with Crippen LogP contribution in [0.3, 0.4) is 0 Å². The molecular formula is C15H13BrClNO3. The quantitative estimate of drug-likeness (QED) is 0.862. The fourth-order valence-corrected chi connectivity index (χ4v) is 2.44. The standard InChI is InChI=1S/C15H13BrClNO3/c1-21-14-4-2-3-12(17)11(14)8-18-15(20)10-6-5-9(16)7-13(10)19/h2-7,19H,8H2,1H3,(H,18,20). The van der Waals surface area contributed by atoms with Crippen LogP contribution in [0.5, 0.6) is 11.5 Å². The van der Waals surface area contributed by atoms with E-state index in [-0.39, 0.29) is 23.8 Å². The second kappa shape index (κ2) is 6.83. The summed E-state index contributed by atoms with van der Waals surface area (Å²) >= 11 is 9.33. The van der Waals surface area contributed by atoms with Crippen LogP contribution in [0.4, 0.5) is 0 Å². The number of halogens is 2. The SMILES string of the molecule is COc1cccc(Cl)c1CNC(=O)c1ccc(Br)cc1O. The van der Waals surface area contributed by atoms with E-state index in [4.69, 9.17) is 16.3 Å². The minimum atomic E-state index is -0.387. The van der Waals surface area contributed by atoms with Crippen molar-refractivity contribution < 1.29 is 14.6 Å². The van der Waals surface area contributed by atoms with Gasteiger partial charge in [0, 0.05) is 21.6 Å². The van der Waals surface area contributed by atoms with E-state index in [2.05, 4.69) is 21.2 Å². The molecule has 21 heavy (non-hydrogen) atoms. The first-order valence-corrected chi connectivity index (χ1v) is 7.28. The molecule has 4 nitrogen and oxygen atoms in total. The lowest BCUT2D eigenvalue weighted by Crippen LogP contribution is -2.23. The van der Waals surface area contributed by atoms with Gasteiger partial charge in [0.1, 0.15) is 11.5 Å². The molecule has 0 spiro atoms. The van der Waals surface area contributed by atoms with Crippen molar-refractivity contribution in [1.29, 1.82) is 0 Å². The Hall–Kier alpha value is -1.72. The summed E-state index contributed by atoms with van der Waals surface area (Å²) in [4.78, 5) is 12.1. The van der Waals surface area contributed by atoms with Crippen molar-refractivity contribution in [3.63, 3.8) is 0 Å². The third-order valence-electron chi connectivity index (χ3n) is 2.93. The van der Waals surface area contributed by atoms with Crippen LogP contribution in [0.25, 0.3) is 0 Å². The number of hydrogen-bond acceptors (Lipinski definition) is 3. The Balaban J connectivity index is 2.15. The number of rotatable bonds is 4. The number of carbonyl (C=O) groups is 1. The molecule has 0 atom stereocenters. The van der Waals surface area contributed by atoms with E-state index < -0.39 is 0 Å². The number of hydrogen-bond donors (Lipinski definition) is 2. The highest BCUT2D eigenvalue weighted by molar-refractivity contribution is 9.10. The van der Waals surface area contributed by atoms with Crippen LogP contribution >= 0.6 is 27.5 Å². The van der Waals surface area contributed by atoms with Crippen LogP contribution in [0.2, 0.25) is 5.02 Å². The number of carbonyl (C=O) groups excluding carboxylic acids is 1. The van der Waals surface area contributed by atoms with Gasteiger partial charge in [0.2, 0.25) is 0 Å². The zero-order valence-electron chi connectivity index (χ0n) is 11.2. The number of nitrogens with one attached hydrogen (secondary N) is 1. The van der Waals surface area contributed by atoms with Gasteiger partial charge in [-0.25, -0.2) is 0 Å². The van der Waals surface area contributed by atoms with Gasteiger partial charge in [-0.1, -0.05) is 33.6 Å². The number of aromatic hydroxyl groups is 1. The van der Waals surface area contributed by atoms with Crippen LogP contribution in [-0.4, -0.2) is 18.1 Å². The third-order valence-corrected chi connectivity index (χ3v) is 3.77. The topological polar surface area (TPSA) is 58.6 Å². The van der Waals surface area contributed by atoms with E-state index in [0.29, 0.717) is 20.8 Å². The Bertz CT molecular complexity index is 676. The maximum Gasteiger partial charge on any atom is 0.255 e. The van der Waals surface area contributed by atoms with Crippen molar-refractivity contribution in [2.75, 3.05) is 7.11 Å². The van der Waals surface area contributed by atoms with Gasteiger partial charge in [0.25, 0.3) is 5.91 Å². The van der Waals surface area contributed by atoms with Crippen molar-refractivity contribution in [2.24, 2.45) is 0 Å². The molecule has 0 fully saturated rings. The summed E-state index contributed by atoms with van der Waals surface area (Å²) in [7, 11) is 1.54. The first-order chi connectivity index (χ1) is 10.0. The second-order valence-electron chi connectivity index (χ2n) is 4.26. The molecule has 110 valence electrons. The predicted octanol–water partition coefficient (Wildman–Crippen LogP) is 3.75. The minimum Gasteiger partial charge on any atom is -0.507 e. The summed E-state index contributed by atoms with van der Waals surface area (Å²) in [6.45, 7) is 0.206. The number of phenolic OH excluding ortho intramolecular Hbond substituents is 1. The average Bonchev–Trinajstić information content (AvgIpc) is 2.45. The lowest BCUT2D eigenvalue weighted by molar-refractivity contribution is 0.0948. The number of ether oxygens (including phenoxy) is 1. The van der Waals surface area contributed by atoms with Gasteiger partial charge in [-0.05, 0) is 30.3 Å². The lowest BCUT2D eigenvalue weighted by atomic mass is 10.1. The van der Waals surface area contributed by atoms with Crippen molar-refractivity contribution in [3.8, 4) is 11.5 Å². The summed E-state index contributed by atoms with van der Waals surface area (Å²) in [5.74, 6) is 0.123. The highest BCUT2D eigenvalue weighted by Gasteiger charge is 2.13. The van der Waals surface area contributed by atoms with Crippen molar-refractivity contribution >= 4 is 33.4 Å². The van der Waals surface area contributed by atoms with Gasteiger partial charge in [-0.15, -0.1) is 0 Å². The van der Waals surface area contributed by atoms with Gasteiger partial charge < -0.3 is 15.2 Å².